The van der Waals surface area contributed by atoms with Crippen molar-refractivity contribution in [3.05, 3.63) is 41.0 Å². The number of rotatable bonds is 2. The van der Waals surface area contributed by atoms with E-state index in [1.165, 1.54) is 0 Å². The number of hydrogen-bond donors (Lipinski definition) is 1. The van der Waals surface area contributed by atoms with E-state index in [2.05, 4.69) is 25.2 Å². The summed E-state index contributed by atoms with van der Waals surface area (Å²) < 4.78 is 0. The van der Waals surface area contributed by atoms with E-state index in [1.807, 2.05) is 12.1 Å². The van der Waals surface area contributed by atoms with Crippen molar-refractivity contribution in [1.82, 2.24) is 15.2 Å². The largest absolute Gasteiger partial charge is 0.275 e. The minimum absolute atomic E-state index is 0.395. The molecule has 2 rings (SSSR count). The second-order valence-electron chi connectivity index (χ2n) is 2.57. The third-order valence-electron chi connectivity index (χ3n) is 1.67. The van der Waals surface area contributed by atoms with Crippen LogP contribution in [0.3, 0.4) is 0 Å². The Balaban J connectivity index is 2.39. The summed E-state index contributed by atoms with van der Waals surface area (Å²) in [5.41, 5.74) is 9.78. The van der Waals surface area contributed by atoms with Crippen molar-refractivity contribution < 1.29 is 0 Å². The third kappa shape index (κ3) is 1.55. The highest BCUT2D eigenvalue weighted by Crippen LogP contribution is 2.19. The average molecular weight is 186 g/mol. The Hall–Kier alpha value is -2.33. The van der Waals surface area contributed by atoms with E-state index in [0.717, 1.165) is 5.56 Å². The van der Waals surface area contributed by atoms with Gasteiger partial charge in [-0.1, -0.05) is 0 Å². The van der Waals surface area contributed by atoms with Gasteiger partial charge in [-0.3, -0.25) is 10.1 Å². The molecule has 0 aromatic carbocycles. The number of pyridine rings is 1. The summed E-state index contributed by atoms with van der Waals surface area (Å²) in [4.78, 5) is 6.61. The SMILES string of the molecule is [N-]=[N+]=Nc1cc(-c2cccnc2)n[nH]1. The summed E-state index contributed by atoms with van der Waals surface area (Å²) in [7, 11) is 0. The fourth-order valence-electron chi connectivity index (χ4n) is 1.07. The molecule has 0 aliphatic heterocycles. The Morgan fingerprint density at radius 3 is 3.14 bits per heavy atom. The molecular weight excluding hydrogens is 180 g/mol. The molecule has 2 aromatic rings. The minimum Gasteiger partial charge on any atom is -0.275 e. The molecule has 0 aliphatic carbocycles. The lowest BCUT2D eigenvalue weighted by molar-refractivity contribution is 1.08. The normalized spacial score (nSPS) is 9.43. The van der Waals surface area contributed by atoms with Crippen molar-refractivity contribution in [3.63, 3.8) is 0 Å². The highest BCUT2D eigenvalue weighted by atomic mass is 15.2. The molecule has 0 fully saturated rings. The van der Waals surface area contributed by atoms with E-state index in [-0.39, 0.29) is 0 Å². The van der Waals surface area contributed by atoms with Crippen molar-refractivity contribution in [2.45, 2.75) is 0 Å². The molecule has 0 bridgehead atoms. The van der Waals surface area contributed by atoms with Gasteiger partial charge in [0.1, 0.15) is 5.82 Å². The lowest BCUT2D eigenvalue weighted by atomic mass is 10.2. The second kappa shape index (κ2) is 3.59. The van der Waals surface area contributed by atoms with Crippen molar-refractivity contribution >= 4 is 5.82 Å². The zero-order valence-electron chi connectivity index (χ0n) is 7.12. The smallest absolute Gasteiger partial charge is 0.122 e. The molecule has 0 saturated carbocycles. The van der Waals surface area contributed by atoms with Crippen LogP contribution >= 0.6 is 0 Å². The Kier molecular flexibility index (Phi) is 2.12. The Morgan fingerprint density at radius 2 is 2.43 bits per heavy atom. The van der Waals surface area contributed by atoms with Gasteiger partial charge in [-0.15, -0.1) is 0 Å². The van der Waals surface area contributed by atoms with Gasteiger partial charge in [0, 0.05) is 22.9 Å². The number of aromatic nitrogens is 3. The second-order valence-corrected chi connectivity index (χ2v) is 2.57. The Bertz CT molecular complexity index is 468. The molecule has 2 heterocycles. The molecule has 6 nitrogen and oxygen atoms in total. The summed E-state index contributed by atoms with van der Waals surface area (Å²) in [5, 5.41) is 9.98. The van der Waals surface area contributed by atoms with Crippen LogP contribution < -0.4 is 0 Å². The van der Waals surface area contributed by atoms with Gasteiger partial charge in [0.05, 0.1) is 5.69 Å². The van der Waals surface area contributed by atoms with Crippen LogP contribution in [0.25, 0.3) is 21.7 Å². The van der Waals surface area contributed by atoms with Crippen LogP contribution in [0.15, 0.2) is 35.7 Å². The first-order chi connectivity index (χ1) is 6.90. The Morgan fingerprint density at radius 1 is 1.50 bits per heavy atom. The zero-order valence-corrected chi connectivity index (χ0v) is 7.12. The first-order valence-corrected chi connectivity index (χ1v) is 3.91. The molecule has 0 aliphatic rings. The first kappa shape index (κ1) is 8.28. The molecule has 0 saturated heterocycles. The number of H-pyrrole nitrogens is 1. The van der Waals surface area contributed by atoms with Gasteiger partial charge in [-0.25, -0.2) is 0 Å². The van der Waals surface area contributed by atoms with Gasteiger partial charge < -0.3 is 0 Å². The molecule has 2 aromatic heterocycles. The predicted octanol–water partition coefficient (Wildman–Crippen LogP) is 2.41. The summed E-state index contributed by atoms with van der Waals surface area (Å²) in [6.07, 6.45) is 3.38. The van der Waals surface area contributed by atoms with Crippen molar-refractivity contribution in [2.24, 2.45) is 5.11 Å². The summed E-state index contributed by atoms with van der Waals surface area (Å²) >= 11 is 0. The fraction of sp³-hybridized carbons (Fsp3) is 0. The summed E-state index contributed by atoms with van der Waals surface area (Å²) in [6, 6.07) is 5.36. The third-order valence-corrected chi connectivity index (χ3v) is 1.67. The quantitative estimate of drug-likeness (QED) is 0.443. The zero-order chi connectivity index (χ0) is 9.80. The number of nitrogens with zero attached hydrogens (tertiary/aromatic N) is 5. The fourth-order valence-corrected chi connectivity index (χ4v) is 1.07. The monoisotopic (exact) mass is 186 g/mol. The van der Waals surface area contributed by atoms with Crippen molar-refractivity contribution in [2.75, 3.05) is 0 Å². The molecule has 0 amide bonds. The average Bonchev–Trinajstić information content (AvgIpc) is 2.68. The molecule has 6 heteroatoms. The minimum atomic E-state index is 0.395. The molecule has 0 radical (unpaired) electrons. The van der Waals surface area contributed by atoms with Crippen LogP contribution in [0.1, 0.15) is 0 Å². The van der Waals surface area contributed by atoms with E-state index in [9.17, 15) is 0 Å². The maximum absolute atomic E-state index is 8.20. The van der Waals surface area contributed by atoms with Crippen molar-refractivity contribution in [1.29, 1.82) is 0 Å². The molecule has 0 spiro atoms. The van der Waals surface area contributed by atoms with Gasteiger partial charge in [0.25, 0.3) is 0 Å². The summed E-state index contributed by atoms with van der Waals surface area (Å²) in [6.45, 7) is 0. The van der Waals surface area contributed by atoms with E-state index in [0.29, 0.717) is 11.5 Å². The molecular formula is C8H6N6. The van der Waals surface area contributed by atoms with Gasteiger partial charge in [-0.05, 0) is 28.8 Å². The predicted molar refractivity (Wildman–Crippen MR) is 50.6 cm³/mol. The maximum Gasteiger partial charge on any atom is 0.122 e. The number of aromatic amines is 1. The van der Waals surface area contributed by atoms with Crippen LogP contribution in [0.4, 0.5) is 5.82 Å². The van der Waals surface area contributed by atoms with Crippen LogP contribution in [0.2, 0.25) is 0 Å². The maximum atomic E-state index is 8.20. The molecule has 0 unspecified atom stereocenters. The van der Waals surface area contributed by atoms with Crippen molar-refractivity contribution in [3.8, 4) is 11.3 Å². The lowest BCUT2D eigenvalue weighted by Gasteiger charge is -1.91. The first-order valence-electron chi connectivity index (χ1n) is 3.91. The van der Waals surface area contributed by atoms with Gasteiger partial charge in [0.2, 0.25) is 0 Å². The van der Waals surface area contributed by atoms with E-state index in [4.69, 9.17) is 5.53 Å². The lowest BCUT2D eigenvalue weighted by Crippen LogP contribution is -1.77. The molecule has 14 heavy (non-hydrogen) atoms. The number of azide groups is 1. The van der Waals surface area contributed by atoms with E-state index < -0.39 is 0 Å². The van der Waals surface area contributed by atoms with Crippen LogP contribution in [0, 0.1) is 0 Å². The standard InChI is InChI=1S/C8H6N6/c9-14-13-8-4-7(11-12-8)6-2-1-3-10-5-6/h1-5H,(H,11,12). The highest BCUT2D eigenvalue weighted by molar-refractivity contribution is 5.60. The van der Waals surface area contributed by atoms with Crippen LogP contribution in [0.5, 0.6) is 0 Å². The van der Waals surface area contributed by atoms with Gasteiger partial charge in [-0.2, -0.15) is 5.10 Å². The number of nitrogens with one attached hydrogen (secondary N) is 1. The number of hydrogen-bond acceptors (Lipinski definition) is 3. The van der Waals surface area contributed by atoms with Crippen LogP contribution in [-0.4, -0.2) is 15.2 Å². The van der Waals surface area contributed by atoms with Gasteiger partial charge in [0.15, 0.2) is 0 Å². The summed E-state index contributed by atoms with van der Waals surface area (Å²) in [5.74, 6) is 0.395. The molecule has 0 atom stereocenters. The van der Waals surface area contributed by atoms with E-state index in [1.54, 1.807) is 18.5 Å². The van der Waals surface area contributed by atoms with Crippen LogP contribution in [-0.2, 0) is 0 Å². The van der Waals surface area contributed by atoms with Gasteiger partial charge >= 0.3 is 0 Å². The highest BCUT2D eigenvalue weighted by Gasteiger charge is 2.01. The molecule has 68 valence electrons. The topological polar surface area (TPSA) is 90.3 Å². The van der Waals surface area contributed by atoms with E-state index >= 15 is 0 Å². The Labute approximate surface area is 79.2 Å². The molecule has 1 N–H and O–H groups in total.